The van der Waals surface area contributed by atoms with E-state index in [1.165, 1.54) is 4.57 Å². The molecular formula is C10H18N4O. The Bertz CT molecular complexity index is 381. The van der Waals surface area contributed by atoms with Gasteiger partial charge in [0.25, 0.3) is 5.56 Å². The molecule has 1 aromatic heterocycles. The van der Waals surface area contributed by atoms with Crippen molar-refractivity contribution in [3.05, 3.63) is 22.7 Å². The highest BCUT2D eigenvalue weighted by atomic mass is 16.1. The quantitative estimate of drug-likeness (QED) is 0.750. The van der Waals surface area contributed by atoms with E-state index in [1.807, 2.05) is 13.8 Å². The van der Waals surface area contributed by atoms with Crippen molar-refractivity contribution in [1.29, 1.82) is 0 Å². The number of nitrogens with one attached hydrogen (secondary N) is 1. The number of nitrogens with two attached hydrogens (primary N) is 1. The third-order valence-electron chi connectivity index (χ3n) is 2.67. The lowest BCUT2D eigenvalue weighted by molar-refractivity contribution is 0.503. The molecule has 0 aliphatic heterocycles. The van der Waals surface area contributed by atoms with Crippen LogP contribution in [0.4, 0.5) is 5.82 Å². The third-order valence-corrected chi connectivity index (χ3v) is 2.67. The first-order valence-corrected chi connectivity index (χ1v) is 5.02. The predicted molar refractivity (Wildman–Crippen MR) is 60.9 cm³/mol. The molecule has 1 unspecified atom stereocenters. The molecule has 0 aromatic carbocycles. The van der Waals surface area contributed by atoms with Crippen LogP contribution in [-0.2, 0) is 7.05 Å². The molecule has 0 aliphatic carbocycles. The number of nitrogens with zero attached hydrogens (tertiary/aromatic N) is 2. The van der Waals surface area contributed by atoms with Crippen molar-refractivity contribution in [3.63, 3.8) is 0 Å². The molecule has 0 fully saturated rings. The largest absolute Gasteiger partial charge is 0.359 e. The minimum absolute atomic E-state index is 0.134. The van der Waals surface area contributed by atoms with Gasteiger partial charge < -0.3 is 15.6 Å². The van der Waals surface area contributed by atoms with Crippen molar-refractivity contribution >= 4 is 5.82 Å². The molecule has 5 heteroatoms. The number of aromatic nitrogens is 2. The fourth-order valence-electron chi connectivity index (χ4n) is 1.15. The zero-order chi connectivity index (χ0) is 11.5. The molecule has 0 radical (unpaired) electrons. The maximum Gasteiger partial charge on any atom is 0.293 e. The molecule has 1 rings (SSSR count). The Hall–Kier alpha value is -1.36. The van der Waals surface area contributed by atoms with Crippen molar-refractivity contribution < 1.29 is 0 Å². The van der Waals surface area contributed by atoms with Gasteiger partial charge in [0.15, 0.2) is 5.82 Å². The van der Waals surface area contributed by atoms with Gasteiger partial charge in [-0.2, -0.15) is 0 Å². The molecule has 0 saturated carbocycles. The van der Waals surface area contributed by atoms with Gasteiger partial charge in [-0.05, 0) is 13.3 Å². The molecular weight excluding hydrogens is 192 g/mol. The summed E-state index contributed by atoms with van der Waals surface area (Å²) in [6.07, 6.45) is 4.05. The lowest BCUT2D eigenvalue weighted by Gasteiger charge is -2.28. The van der Waals surface area contributed by atoms with Gasteiger partial charge in [0, 0.05) is 31.5 Å². The summed E-state index contributed by atoms with van der Waals surface area (Å²) in [5.41, 5.74) is 5.24. The Labute approximate surface area is 89.3 Å². The molecule has 84 valence electrons. The number of hydrogen-bond acceptors (Lipinski definition) is 4. The standard InChI is InChI=1S/C10H18N4O/c1-4-10(2,7-11)13-8-9(15)14(3)6-5-12-8/h5-6H,4,7,11H2,1-3H3,(H,12,13). The summed E-state index contributed by atoms with van der Waals surface area (Å²) >= 11 is 0. The molecule has 0 amide bonds. The number of anilines is 1. The van der Waals surface area contributed by atoms with Crippen molar-refractivity contribution in [3.8, 4) is 0 Å². The van der Waals surface area contributed by atoms with Crippen LogP contribution in [-0.4, -0.2) is 21.6 Å². The highest BCUT2D eigenvalue weighted by Crippen LogP contribution is 2.12. The summed E-state index contributed by atoms with van der Waals surface area (Å²) in [6, 6.07) is 0. The van der Waals surface area contributed by atoms with E-state index in [2.05, 4.69) is 10.3 Å². The second kappa shape index (κ2) is 4.44. The Morgan fingerprint density at radius 3 is 2.87 bits per heavy atom. The molecule has 5 nitrogen and oxygen atoms in total. The number of rotatable bonds is 4. The molecule has 0 spiro atoms. The van der Waals surface area contributed by atoms with Crippen LogP contribution in [0.5, 0.6) is 0 Å². The van der Waals surface area contributed by atoms with Crippen molar-refractivity contribution in [2.24, 2.45) is 12.8 Å². The SMILES string of the molecule is CCC(C)(CN)Nc1nccn(C)c1=O. The predicted octanol–water partition coefficient (Wildman–Crippen LogP) is 0.320. The molecule has 1 aromatic rings. The van der Waals surface area contributed by atoms with E-state index in [4.69, 9.17) is 5.73 Å². The minimum Gasteiger partial charge on any atom is -0.359 e. The Balaban J connectivity index is 2.99. The third kappa shape index (κ3) is 2.56. The molecule has 1 heterocycles. The first-order chi connectivity index (χ1) is 7.02. The van der Waals surface area contributed by atoms with Crippen LogP contribution in [0.2, 0.25) is 0 Å². The van der Waals surface area contributed by atoms with E-state index < -0.39 is 0 Å². The maximum absolute atomic E-state index is 11.7. The van der Waals surface area contributed by atoms with Gasteiger partial charge in [0.2, 0.25) is 0 Å². The normalized spacial score (nSPS) is 14.7. The van der Waals surface area contributed by atoms with Crippen LogP contribution in [0.3, 0.4) is 0 Å². The van der Waals surface area contributed by atoms with Crippen LogP contribution in [0.15, 0.2) is 17.2 Å². The van der Waals surface area contributed by atoms with Crippen molar-refractivity contribution in [1.82, 2.24) is 9.55 Å². The summed E-state index contributed by atoms with van der Waals surface area (Å²) in [5, 5.41) is 3.09. The first-order valence-electron chi connectivity index (χ1n) is 5.02. The molecule has 0 saturated heterocycles. The van der Waals surface area contributed by atoms with E-state index in [-0.39, 0.29) is 11.1 Å². The van der Waals surface area contributed by atoms with Crippen LogP contribution < -0.4 is 16.6 Å². The van der Waals surface area contributed by atoms with E-state index in [1.54, 1.807) is 19.4 Å². The topological polar surface area (TPSA) is 72.9 Å². The number of aryl methyl sites for hydroxylation is 1. The monoisotopic (exact) mass is 210 g/mol. The van der Waals surface area contributed by atoms with Crippen molar-refractivity contribution in [2.45, 2.75) is 25.8 Å². The second-order valence-electron chi connectivity index (χ2n) is 3.94. The molecule has 1 atom stereocenters. The fourth-order valence-corrected chi connectivity index (χ4v) is 1.15. The van der Waals surface area contributed by atoms with Gasteiger partial charge in [-0.1, -0.05) is 6.92 Å². The van der Waals surface area contributed by atoms with Crippen LogP contribution in [0.25, 0.3) is 0 Å². The lowest BCUT2D eigenvalue weighted by atomic mass is 9.99. The zero-order valence-electron chi connectivity index (χ0n) is 9.45. The lowest BCUT2D eigenvalue weighted by Crippen LogP contribution is -2.44. The summed E-state index contributed by atoms with van der Waals surface area (Å²) in [7, 11) is 1.70. The van der Waals surface area contributed by atoms with Crippen LogP contribution >= 0.6 is 0 Å². The zero-order valence-corrected chi connectivity index (χ0v) is 9.45. The highest BCUT2D eigenvalue weighted by Gasteiger charge is 2.21. The first kappa shape index (κ1) is 11.7. The van der Waals surface area contributed by atoms with Crippen molar-refractivity contribution in [2.75, 3.05) is 11.9 Å². The van der Waals surface area contributed by atoms with Crippen LogP contribution in [0.1, 0.15) is 20.3 Å². The summed E-state index contributed by atoms with van der Waals surface area (Å²) < 4.78 is 1.49. The molecule has 3 N–H and O–H groups in total. The minimum atomic E-state index is -0.277. The van der Waals surface area contributed by atoms with Gasteiger partial charge in [-0.25, -0.2) is 4.98 Å². The second-order valence-corrected chi connectivity index (χ2v) is 3.94. The summed E-state index contributed by atoms with van der Waals surface area (Å²) in [6.45, 7) is 4.46. The van der Waals surface area contributed by atoms with Gasteiger partial charge in [-0.15, -0.1) is 0 Å². The average Bonchev–Trinajstić information content (AvgIpc) is 2.25. The van der Waals surface area contributed by atoms with E-state index in [0.717, 1.165) is 6.42 Å². The fraction of sp³-hybridized carbons (Fsp3) is 0.600. The van der Waals surface area contributed by atoms with Gasteiger partial charge in [0.05, 0.1) is 0 Å². The Morgan fingerprint density at radius 2 is 2.33 bits per heavy atom. The van der Waals surface area contributed by atoms with Gasteiger partial charge >= 0.3 is 0 Å². The van der Waals surface area contributed by atoms with E-state index in [0.29, 0.717) is 12.4 Å². The maximum atomic E-state index is 11.7. The summed E-state index contributed by atoms with van der Waals surface area (Å²) in [4.78, 5) is 15.7. The van der Waals surface area contributed by atoms with E-state index in [9.17, 15) is 4.79 Å². The molecule has 0 aliphatic rings. The Kier molecular flexibility index (Phi) is 3.47. The average molecular weight is 210 g/mol. The summed E-state index contributed by atoms with van der Waals surface area (Å²) in [5.74, 6) is 0.356. The van der Waals surface area contributed by atoms with E-state index >= 15 is 0 Å². The smallest absolute Gasteiger partial charge is 0.293 e. The number of hydrogen-bond donors (Lipinski definition) is 2. The molecule has 15 heavy (non-hydrogen) atoms. The highest BCUT2D eigenvalue weighted by molar-refractivity contribution is 5.34. The van der Waals surface area contributed by atoms with Gasteiger partial charge in [-0.3, -0.25) is 4.79 Å². The van der Waals surface area contributed by atoms with Crippen LogP contribution in [0, 0.1) is 0 Å². The Morgan fingerprint density at radius 1 is 1.67 bits per heavy atom. The molecule has 0 bridgehead atoms. The van der Waals surface area contributed by atoms with Gasteiger partial charge in [0.1, 0.15) is 0 Å².